The van der Waals surface area contributed by atoms with Crippen molar-refractivity contribution in [1.29, 1.82) is 0 Å². The molecule has 11 heavy (non-hydrogen) atoms. The van der Waals surface area contributed by atoms with Crippen LogP contribution in [0.5, 0.6) is 0 Å². The monoisotopic (exact) mass is 192 g/mol. The maximum absolute atomic E-state index is 12.7. The van der Waals surface area contributed by atoms with Crippen LogP contribution in [0, 0.1) is 11.9 Å². The zero-order chi connectivity index (χ0) is 7.84. The lowest BCUT2D eigenvalue weighted by molar-refractivity contribution is 0.462. The smallest absolute Gasteiger partial charge is 0.192 e. The summed E-state index contributed by atoms with van der Waals surface area (Å²) in [6.45, 7) is 0. The zero-order valence-corrected chi connectivity index (χ0v) is 6.81. The van der Waals surface area contributed by atoms with Crippen molar-refractivity contribution < 1.29 is 8.78 Å². The summed E-state index contributed by atoms with van der Waals surface area (Å²) in [6, 6.07) is 0. The molecule has 1 aromatic rings. The van der Waals surface area contributed by atoms with Crippen molar-refractivity contribution in [3.05, 3.63) is 11.9 Å². The molecule has 0 spiro atoms. The second kappa shape index (κ2) is 2.60. The molecule has 0 atom stereocenters. The highest BCUT2D eigenvalue weighted by atomic mass is 32.2. The first kappa shape index (κ1) is 7.30. The summed E-state index contributed by atoms with van der Waals surface area (Å²) < 4.78 is 25.5. The second-order valence-corrected chi connectivity index (χ2v) is 4.12. The molecule has 3 rings (SSSR count). The van der Waals surface area contributed by atoms with Crippen LogP contribution in [0.3, 0.4) is 0 Å². The molecular weight excluding hydrogens is 190 g/mol. The number of fused-ring (bicyclic) bond motifs is 4. The van der Waals surface area contributed by atoms with Crippen molar-refractivity contribution in [2.75, 3.05) is 5.08 Å². The molecule has 0 aliphatic carbocycles. The van der Waals surface area contributed by atoms with Gasteiger partial charge in [0.1, 0.15) is 4.90 Å². The van der Waals surface area contributed by atoms with Gasteiger partial charge in [0.25, 0.3) is 0 Å². The number of hydrogen-bond acceptors (Lipinski definition) is 4. The average Bonchev–Trinajstić information content (AvgIpc) is 2.18. The molecule has 0 aromatic carbocycles. The van der Waals surface area contributed by atoms with Crippen LogP contribution in [0.2, 0.25) is 0 Å². The zero-order valence-electron chi connectivity index (χ0n) is 5.17. The highest BCUT2D eigenvalue weighted by Gasteiger charge is 2.19. The fourth-order valence-electron chi connectivity index (χ4n) is 0.704. The molecule has 2 aliphatic rings. The van der Waals surface area contributed by atoms with Gasteiger partial charge in [0.05, 0.1) is 5.08 Å². The fraction of sp³-hybridized carbons (Fsp3) is 0.200. The Kier molecular flexibility index (Phi) is 1.72. The minimum atomic E-state index is -0.748. The van der Waals surface area contributed by atoms with Crippen LogP contribution in [-0.2, 0) is 0 Å². The highest BCUT2D eigenvalue weighted by Crippen LogP contribution is 2.33. The van der Waals surface area contributed by atoms with Crippen molar-refractivity contribution in [2.24, 2.45) is 0 Å². The largest absolute Gasteiger partial charge is 0.233 e. The summed E-state index contributed by atoms with van der Waals surface area (Å²) in [4.78, 5) is 6.81. The van der Waals surface area contributed by atoms with E-state index in [1.807, 2.05) is 0 Å². The first-order chi connectivity index (χ1) is 5.27. The average molecular weight is 192 g/mol. The Balaban J connectivity index is 2.66. The van der Waals surface area contributed by atoms with Crippen molar-refractivity contribution >= 4 is 23.5 Å². The Labute approximate surface area is 69.8 Å². The number of halogens is 2. The summed E-state index contributed by atoms with van der Waals surface area (Å²) in [6.07, 6.45) is 0. The predicted molar refractivity (Wildman–Crippen MR) is 38.5 cm³/mol. The van der Waals surface area contributed by atoms with Gasteiger partial charge < -0.3 is 0 Å². The van der Waals surface area contributed by atoms with Crippen LogP contribution in [0.4, 0.5) is 8.78 Å². The third-order valence-corrected chi connectivity index (χ3v) is 3.16. The van der Waals surface area contributed by atoms with Gasteiger partial charge in [-0.1, -0.05) is 11.8 Å². The van der Waals surface area contributed by atoms with E-state index in [0.29, 0.717) is 5.08 Å². The predicted octanol–water partition coefficient (Wildman–Crippen LogP) is 1.91. The van der Waals surface area contributed by atoms with E-state index < -0.39 is 11.9 Å². The molecule has 2 nitrogen and oxygen atoms in total. The molecule has 0 fully saturated rings. The summed E-state index contributed by atoms with van der Waals surface area (Å²) >= 11 is 2.33. The van der Waals surface area contributed by atoms with Gasteiger partial charge in [-0.05, 0) is 0 Å². The molecule has 0 unspecified atom stereocenters. The van der Waals surface area contributed by atoms with Crippen LogP contribution >= 0.6 is 23.5 Å². The van der Waals surface area contributed by atoms with Gasteiger partial charge in [-0.3, -0.25) is 0 Å². The van der Waals surface area contributed by atoms with Crippen LogP contribution in [-0.4, -0.2) is 15.1 Å². The maximum Gasteiger partial charge on any atom is 0.233 e. The van der Waals surface area contributed by atoms with Crippen LogP contribution in [0.1, 0.15) is 0 Å². The molecule has 0 radical (unpaired) electrons. The lowest BCUT2D eigenvalue weighted by Crippen LogP contribution is -1.95. The van der Waals surface area contributed by atoms with E-state index in [-0.39, 0.29) is 10.1 Å². The van der Waals surface area contributed by atoms with Gasteiger partial charge >= 0.3 is 0 Å². The molecule has 2 bridgehead atoms. The van der Waals surface area contributed by atoms with Crippen molar-refractivity contribution in [3.8, 4) is 0 Å². The summed E-state index contributed by atoms with van der Waals surface area (Å²) in [5.41, 5.74) is 0. The van der Waals surface area contributed by atoms with E-state index in [2.05, 4.69) is 9.97 Å². The number of hydrogen-bond donors (Lipinski definition) is 0. The topological polar surface area (TPSA) is 25.8 Å². The van der Waals surface area contributed by atoms with Crippen molar-refractivity contribution in [3.63, 3.8) is 0 Å². The fourth-order valence-corrected chi connectivity index (χ4v) is 2.45. The van der Waals surface area contributed by atoms with Gasteiger partial charge in [0, 0.05) is 0 Å². The van der Waals surface area contributed by atoms with Gasteiger partial charge in [-0.2, -0.15) is 18.7 Å². The molecule has 0 saturated carbocycles. The van der Waals surface area contributed by atoms with Gasteiger partial charge in [-0.25, -0.2) is 0 Å². The molecule has 0 saturated heterocycles. The standard InChI is InChI=1S/C5H2F2N2S2/c6-3-2-4(7)9-5(8-3)11-1-10-2/h1H2. The first-order valence-corrected chi connectivity index (χ1v) is 4.73. The SMILES string of the molecule is Fc1nc2nc(F)c1SCS2. The second-order valence-electron chi connectivity index (χ2n) is 1.82. The van der Waals surface area contributed by atoms with E-state index in [4.69, 9.17) is 0 Å². The van der Waals surface area contributed by atoms with E-state index in [1.165, 1.54) is 11.8 Å². The van der Waals surface area contributed by atoms with E-state index in [0.717, 1.165) is 11.8 Å². The maximum atomic E-state index is 12.7. The summed E-state index contributed by atoms with van der Waals surface area (Å²) in [7, 11) is 0. The Morgan fingerprint density at radius 3 is 2.36 bits per heavy atom. The number of thioether (sulfide) groups is 2. The van der Waals surface area contributed by atoms with E-state index in [9.17, 15) is 8.78 Å². The van der Waals surface area contributed by atoms with E-state index >= 15 is 0 Å². The minimum Gasteiger partial charge on any atom is -0.192 e. The molecule has 58 valence electrons. The molecular formula is C5H2F2N2S2. The Morgan fingerprint density at radius 2 is 1.73 bits per heavy atom. The molecule has 2 aliphatic heterocycles. The van der Waals surface area contributed by atoms with Gasteiger partial charge in [0.15, 0.2) is 5.16 Å². The van der Waals surface area contributed by atoms with Crippen LogP contribution < -0.4 is 0 Å². The highest BCUT2D eigenvalue weighted by molar-refractivity contribution is 8.16. The minimum absolute atomic E-state index is 0.0706. The number of nitrogens with zero attached hydrogens (tertiary/aromatic N) is 2. The molecule has 3 heterocycles. The Hall–Kier alpha value is -0.360. The molecule has 0 N–H and O–H groups in total. The normalized spacial score (nSPS) is 15.1. The number of aromatic nitrogens is 2. The number of rotatable bonds is 0. The van der Waals surface area contributed by atoms with Gasteiger partial charge in [0.2, 0.25) is 11.9 Å². The molecule has 6 heteroatoms. The van der Waals surface area contributed by atoms with Crippen molar-refractivity contribution in [2.45, 2.75) is 10.1 Å². The van der Waals surface area contributed by atoms with Crippen LogP contribution in [0.15, 0.2) is 10.1 Å². The van der Waals surface area contributed by atoms with Crippen molar-refractivity contribution in [1.82, 2.24) is 9.97 Å². The quantitative estimate of drug-likeness (QED) is 0.463. The van der Waals surface area contributed by atoms with E-state index in [1.54, 1.807) is 0 Å². The lowest BCUT2D eigenvalue weighted by atomic mass is 10.6. The van der Waals surface area contributed by atoms with Gasteiger partial charge in [-0.15, -0.1) is 11.8 Å². The summed E-state index contributed by atoms with van der Waals surface area (Å²) in [5.74, 6) is -1.50. The third-order valence-electron chi connectivity index (χ3n) is 1.15. The molecule has 1 aromatic heterocycles. The Bertz CT molecular complexity index is 282. The summed E-state index contributed by atoms with van der Waals surface area (Å²) in [5, 5.41) is 0.743. The Morgan fingerprint density at radius 1 is 1.09 bits per heavy atom. The van der Waals surface area contributed by atoms with Crippen LogP contribution in [0.25, 0.3) is 0 Å². The third kappa shape index (κ3) is 1.20. The molecule has 0 amide bonds. The lowest BCUT2D eigenvalue weighted by Gasteiger charge is -1.94. The first-order valence-electron chi connectivity index (χ1n) is 2.76.